The molecule has 4 aromatic rings. The van der Waals surface area contributed by atoms with Gasteiger partial charge < -0.3 is 15.2 Å². The van der Waals surface area contributed by atoms with E-state index in [1.165, 1.54) is 5.56 Å². The highest BCUT2D eigenvalue weighted by Crippen LogP contribution is 2.32. The largest absolute Gasteiger partial charge is 0.493 e. The summed E-state index contributed by atoms with van der Waals surface area (Å²) in [4.78, 5) is 29.1. The van der Waals surface area contributed by atoms with E-state index >= 15 is 0 Å². The Labute approximate surface area is 216 Å². The van der Waals surface area contributed by atoms with Gasteiger partial charge in [0.2, 0.25) is 0 Å². The van der Waals surface area contributed by atoms with Gasteiger partial charge in [-0.15, -0.1) is 0 Å². The van der Waals surface area contributed by atoms with Gasteiger partial charge in [0.25, 0.3) is 5.91 Å². The number of nitrogens with one attached hydrogen (secondary N) is 1. The Morgan fingerprint density at radius 1 is 1.03 bits per heavy atom. The molecule has 1 aromatic heterocycles. The topological polar surface area (TPSA) is 88.5 Å². The SMILES string of the molecule is Cc1ccc(-c2nc3ccc(C(=O)N[C@@H]4CCOc5ccccc54)cc3cc2CCCCC(=O)O)cc1. The molecule has 0 spiro atoms. The molecule has 0 fully saturated rings. The highest BCUT2D eigenvalue weighted by molar-refractivity contribution is 5.98. The maximum absolute atomic E-state index is 13.2. The number of hydrogen-bond acceptors (Lipinski definition) is 4. The predicted molar refractivity (Wildman–Crippen MR) is 144 cm³/mol. The lowest BCUT2D eigenvalue weighted by molar-refractivity contribution is -0.137. The normalized spacial score (nSPS) is 14.6. The minimum Gasteiger partial charge on any atom is -0.493 e. The van der Waals surface area contributed by atoms with Crippen molar-refractivity contribution in [1.82, 2.24) is 10.3 Å². The van der Waals surface area contributed by atoms with Crippen molar-refractivity contribution in [3.63, 3.8) is 0 Å². The van der Waals surface area contributed by atoms with E-state index in [4.69, 9.17) is 14.8 Å². The monoisotopic (exact) mass is 494 g/mol. The van der Waals surface area contributed by atoms with E-state index < -0.39 is 5.97 Å². The molecule has 6 heteroatoms. The predicted octanol–water partition coefficient (Wildman–Crippen LogP) is 6.26. The van der Waals surface area contributed by atoms with Crippen LogP contribution in [-0.4, -0.2) is 28.6 Å². The first kappa shape index (κ1) is 24.5. The first-order valence-electron chi connectivity index (χ1n) is 12.7. The van der Waals surface area contributed by atoms with Gasteiger partial charge in [-0.05, 0) is 62.1 Å². The van der Waals surface area contributed by atoms with Gasteiger partial charge in [-0.1, -0.05) is 48.0 Å². The van der Waals surface area contributed by atoms with Crippen LogP contribution in [0.5, 0.6) is 5.75 Å². The first-order chi connectivity index (χ1) is 18.0. The number of rotatable bonds is 8. The zero-order valence-corrected chi connectivity index (χ0v) is 20.9. The van der Waals surface area contributed by atoms with Crippen molar-refractivity contribution in [1.29, 1.82) is 0 Å². The second kappa shape index (κ2) is 10.8. The summed E-state index contributed by atoms with van der Waals surface area (Å²) in [5.41, 5.74) is 6.56. The van der Waals surface area contributed by atoms with Gasteiger partial charge in [-0.3, -0.25) is 9.59 Å². The van der Waals surface area contributed by atoms with E-state index in [1.54, 1.807) is 0 Å². The molecule has 1 atom stereocenters. The molecule has 0 saturated carbocycles. The lowest BCUT2D eigenvalue weighted by Crippen LogP contribution is -2.32. The number of aliphatic carboxylic acids is 1. The number of fused-ring (bicyclic) bond motifs is 2. The maximum Gasteiger partial charge on any atom is 0.303 e. The van der Waals surface area contributed by atoms with Crippen molar-refractivity contribution in [3.8, 4) is 17.0 Å². The fraction of sp³-hybridized carbons (Fsp3) is 0.258. The van der Waals surface area contributed by atoms with Crippen LogP contribution in [-0.2, 0) is 11.2 Å². The van der Waals surface area contributed by atoms with Crippen LogP contribution in [0, 0.1) is 6.92 Å². The van der Waals surface area contributed by atoms with E-state index in [0.717, 1.165) is 51.9 Å². The van der Waals surface area contributed by atoms with Crippen LogP contribution >= 0.6 is 0 Å². The number of aromatic nitrogens is 1. The van der Waals surface area contributed by atoms with Crippen molar-refractivity contribution in [2.24, 2.45) is 0 Å². The van der Waals surface area contributed by atoms with Crippen molar-refractivity contribution >= 4 is 22.8 Å². The lowest BCUT2D eigenvalue weighted by atomic mass is 9.97. The molecule has 2 N–H and O–H groups in total. The van der Waals surface area contributed by atoms with Crippen molar-refractivity contribution in [3.05, 3.63) is 95.1 Å². The molecular formula is C31H30N2O4. The minimum atomic E-state index is -0.779. The molecule has 0 unspecified atom stereocenters. The van der Waals surface area contributed by atoms with Crippen LogP contribution in [0.25, 0.3) is 22.2 Å². The van der Waals surface area contributed by atoms with Gasteiger partial charge in [0.05, 0.1) is 23.9 Å². The molecule has 6 nitrogen and oxygen atoms in total. The number of unbranched alkanes of at least 4 members (excludes halogenated alkanes) is 1. The minimum absolute atomic E-state index is 0.0972. The van der Waals surface area contributed by atoms with E-state index in [9.17, 15) is 9.59 Å². The number of para-hydroxylation sites is 1. The molecule has 0 aliphatic carbocycles. The van der Waals surface area contributed by atoms with Crippen LogP contribution < -0.4 is 10.1 Å². The second-order valence-electron chi connectivity index (χ2n) is 9.57. The summed E-state index contributed by atoms with van der Waals surface area (Å²) in [7, 11) is 0. The molecule has 3 aromatic carbocycles. The standard InChI is InChI=1S/C31H30N2O4/c1-20-10-12-21(13-11-20)30-22(6-2-5-9-29(34)35)18-24-19-23(14-15-26(24)32-30)31(36)33-27-16-17-37-28-8-4-3-7-25(27)28/h3-4,7-8,10-15,18-19,27H,2,5-6,9,16-17H2,1H3,(H,33,36)(H,34,35)/t27-/m1/s1. The van der Waals surface area contributed by atoms with Crippen LogP contribution in [0.1, 0.15) is 58.8 Å². The van der Waals surface area contributed by atoms with Gasteiger partial charge in [-0.2, -0.15) is 0 Å². The Morgan fingerprint density at radius 2 is 1.84 bits per heavy atom. The molecule has 1 aliphatic heterocycles. The van der Waals surface area contributed by atoms with Gasteiger partial charge in [0.15, 0.2) is 0 Å². The average molecular weight is 495 g/mol. The number of aryl methyl sites for hydroxylation is 2. The number of carboxylic acids is 1. The van der Waals surface area contributed by atoms with Crippen LogP contribution in [0.3, 0.4) is 0 Å². The summed E-state index contributed by atoms with van der Waals surface area (Å²) in [5.74, 6) is -0.0923. The van der Waals surface area contributed by atoms with Crippen molar-refractivity contribution < 1.29 is 19.4 Å². The third-order valence-electron chi connectivity index (χ3n) is 6.83. The number of benzene rings is 3. The smallest absolute Gasteiger partial charge is 0.303 e. The molecule has 188 valence electrons. The lowest BCUT2D eigenvalue weighted by Gasteiger charge is -2.26. The fourth-order valence-corrected chi connectivity index (χ4v) is 4.84. The van der Waals surface area contributed by atoms with Gasteiger partial charge in [-0.25, -0.2) is 4.98 Å². The highest BCUT2D eigenvalue weighted by Gasteiger charge is 2.23. The third-order valence-corrected chi connectivity index (χ3v) is 6.83. The summed E-state index contributed by atoms with van der Waals surface area (Å²) in [6.45, 7) is 2.62. The summed E-state index contributed by atoms with van der Waals surface area (Å²) in [5, 5.41) is 13.1. The number of carbonyl (C=O) groups excluding carboxylic acids is 1. The number of carbonyl (C=O) groups is 2. The number of nitrogens with zero attached hydrogens (tertiary/aromatic N) is 1. The van der Waals surface area contributed by atoms with Gasteiger partial charge in [0.1, 0.15) is 5.75 Å². The number of ether oxygens (including phenoxy) is 1. The van der Waals surface area contributed by atoms with E-state index in [2.05, 4.69) is 42.6 Å². The van der Waals surface area contributed by atoms with E-state index in [-0.39, 0.29) is 18.4 Å². The Hall–Kier alpha value is -4.19. The van der Waals surface area contributed by atoms with E-state index in [0.29, 0.717) is 25.0 Å². The molecule has 2 heterocycles. The second-order valence-corrected chi connectivity index (χ2v) is 9.57. The number of hydrogen-bond donors (Lipinski definition) is 2. The average Bonchev–Trinajstić information content (AvgIpc) is 2.91. The fourth-order valence-electron chi connectivity index (χ4n) is 4.84. The Balaban J connectivity index is 1.43. The molecule has 1 amide bonds. The number of pyridine rings is 1. The third kappa shape index (κ3) is 5.64. The van der Waals surface area contributed by atoms with Crippen molar-refractivity contribution in [2.75, 3.05) is 6.61 Å². The molecule has 5 rings (SSSR count). The molecule has 1 aliphatic rings. The quantitative estimate of drug-likeness (QED) is 0.282. The summed E-state index contributed by atoms with van der Waals surface area (Å²) >= 11 is 0. The molecular weight excluding hydrogens is 464 g/mol. The van der Waals surface area contributed by atoms with E-state index in [1.807, 2.05) is 42.5 Å². The van der Waals surface area contributed by atoms with Crippen LogP contribution in [0.15, 0.2) is 72.8 Å². The Kier molecular flexibility index (Phi) is 7.17. The first-order valence-corrected chi connectivity index (χ1v) is 12.7. The summed E-state index contributed by atoms with van der Waals surface area (Å²) in [6.07, 6.45) is 2.95. The van der Waals surface area contributed by atoms with Crippen molar-refractivity contribution in [2.45, 2.75) is 45.1 Å². The van der Waals surface area contributed by atoms with Gasteiger partial charge in [0, 0.05) is 34.9 Å². The molecule has 0 radical (unpaired) electrons. The number of amides is 1. The summed E-state index contributed by atoms with van der Waals surface area (Å²) < 4.78 is 5.73. The molecule has 0 saturated heterocycles. The molecule has 0 bridgehead atoms. The Bertz CT molecular complexity index is 1450. The molecule has 37 heavy (non-hydrogen) atoms. The Morgan fingerprint density at radius 3 is 2.65 bits per heavy atom. The van der Waals surface area contributed by atoms with Gasteiger partial charge >= 0.3 is 5.97 Å². The maximum atomic E-state index is 13.2. The zero-order valence-electron chi connectivity index (χ0n) is 20.9. The number of carboxylic acid groups (broad SMARTS) is 1. The van der Waals surface area contributed by atoms with Crippen LogP contribution in [0.4, 0.5) is 0 Å². The summed E-state index contributed by atoms with van der Waals surface area (Å²) in [6, 6.07) is 23.7. The highest BCUT2D eigenvalue weighted by atomic mass is 16.5. The van der Waals surface area contributed by atoms with Crippen LogP contribution in [0.2, 0.25) is 0 Å². The zero-order chi connectivity index (χ0) is 25.8.